The summed E-state index contributed by atoms with van der Waals surface area (Å²) in [5, 5.41) is 8.93. The maximum Gasteiger partial charge on any atom is 0.292 e. The van der Waals surface area contributed by atoms with Gasteiger partial charge in [-0.3, -0.25) is 0 Å². The van der Waals surface area contributed by atoms with E-state index in [1.165, 1.54) is 0 Å². The van der Waals surface area contributed by atoms with Crippen molar-refractivity contribution in [1.29, 1.82) is 5.26 Å². The monoisotopic (exact) mass is 253 g/mol. The van der Waals surface area contributed by atoms with Gasteiger partial charge in [0, 0.05) is 5.57 Å². The molecule has 0 spiro atoms. The SMILES string of the molecule is [C-]#[N+]C1=C(/C=C/C(C)C)C(C)(C)O/C1=C(\C#N)[N+]#[C-]. The van der Waals surface area contributed by atoms with Gasteiger partial charge in [0.05, 0.1) is 19.2 Å². The highest BCUT2D eigenvalue weighted by Crippen LogP contribution is 2.41. The quantitative estimate of drug-likeness (QED) is 0.554. The highest BCUT2D eigenvalue weighted by atomic mass is 16.5. The topological polar surface area (TPSA) is 41.7 Å². The Hall–Kier alpha value is -2.51. The van der Waals surface area contributed by atoms with E-state index in [2.05, 4.69) is 9.69 Å². The molecule has 0 aromatic carbocycles. The van der Waals surface area contributed by atoms with Crippen LogP contribution in [0.4, 0.5) is 0 Å². The summed E-state index contributed by atoms with van der Waals surface area (Å²) in [4.78, 5) is 6.57. The smallest absolute Gasteiger partial charge is 0.292 e. The van der Waals surface area contributed by atoms with Crippen LogP contribution in [0.2, 0.25) is 0 Å². The van der Waals surface area contributed by atoms with E-state index in [0.717, 1.165) is 0 Å². The molecule has 0 saturated carbocycles. The number of nitriles is 1. The van der Waals surface area contributed by atoms with Gasteiger partial charge in [0.2, 0.25) is 5.70 Å². The van der Waals surface area contributed by atoms with Crippen LogP contribution in [0.5, 0.6) is 0 Å². The van der Waals surface area contributed by atoms with Gasteiger partial charge in [-0.2, -0.15) is 0 Å². The minimum Gasteiger partial charge on any atom is -0.505 e. The molecule has 0 fully saturated rings. The fourth-order valence-electron chi connectivity index (χ4n) is 1.73. The zero-order valence-electron chi connectivity index (χ0n) is 11.5. The lowest BCUT2D eigenvalue weighted by atomic mass is 9.96. The summed E-state index contributed by atoms with van der Waals surface area (Å²) in [6.45, 7) is 22.0. The zero-order valence-corrected chi connectivity index (χ0v) is 11.5. The Morgan fingerprint density at radius 3 is 2.47 bits per heavy atom. The molecule has 0 radical (unpaired) electrons. The van der Waals surface area contributed by atoms with Crippen LogP contribution in [0.25, 0.3) is 9.69 Å². The van der Waals surface area contributed by atoms with Gasteiger partial charge in [-0.15, -0.1) is 0 Å². The molecule has 0 saturated heterocycles. The van der Waals surface area contributed by atoms with Gasteiger partial charge in [0.25, 0.3) is 5.70 Å². The van der Waals surface area contributed by atoms with Gasteiger partial charge in [-0.1, -0.05) is 26.0 Å². The van der Waals surface area contributed by atoms with Gasteiger partial charge in [-0.25, -0.2) is 15.0 Å². The number of ether oxygens (including phenoxy) is 1. The van der Waals surface area contributed by atoms with Crippen molar-refractivity contribution in [2.75, 3.05) is 0 Å². The van der Waals surface area contributed by atoms with Gasteiger partial charge in [0.15, 0.2) is 0 Å². The Morgan fingerprint density at radius 1 is 1.42 bits per heavy atom. The van der Waals surface area contributed by atoms with Crippen molar-refractivity contribution in [3.63, 3.8) is 0 Å². The molecule has 4 heteroatoms. The van der Waals surface area contributed by atoms with Crippen molar-refractivity contribution < 1.29 is 4.74 Å². The van der Waals surface area contributed by atoms with E-state index in [-0.39, 0.29) is 17.2 Å². The Balaban J connectivity index is 3.50. The largest absolute Gasteiger partial charge is 0.505 e. The van der Waals surface area contributed by atoms with E-state index in [1.54, 1.807) is 6.07 Å². The molecule has 0 amide bonds. The molecule has 4 nitrogen and oxygen atoms in total. The van der Waals surface area contributed by atoms with Crippen molar-refractivity contribution in [3.05, 3.63) is 57.7 Å². The third-order valence-corrected chi connectivity index (χ3v) is 2.67. The van der Waals surface area contributed by atoms with E-state index in [4.69, 9.17) is 23.1 Å². The Bertz CT molecular complexity index is 583. The van der Waals surface area contributed by atoms with Crippen molar-refractivity contribution in [2.24, 2.45) is 5.92 Å². The fraction of sp³-hybridized carbons (Fsp3) is 0.400. The van der Waals surface area contributed by atoms with Gasteiger partial charge >= 0.3 is 0 Å². The Morgan fingerprint density at radius 2 is 2.05 bits per heavy atom. The molecule has 1 aliphatic rings. The van der Waals surface area contributed by atoms with E-state index in [9.17, 15) is 0 Å². The minimum absolute atomic E-state index is 0.0981. The number of hydrogen-bond acceptors (Lipinski definition) is 2. The summed E-state index contributed by atoms with van der Waals surface area (Å²) in [5.41, 5.74) is 0.0944. The molecule has 19 heavy (non-hydrogen) atoms. The lowest BCUT2D eigenvalue weighted by Gasteiger charge is -2.22. The maximum absolute atomic E-state index is 8.93. The van der Waals surface area contributed by atoms with Crippen LogP contribution in [0, 0.1) is 30.4 Å². The van der Waals surface area contributed by atoms with Crippen molar-refractivity contribution in [1.82, 2.24) is 0 Å². The lowest BCUT2D eigenvalue weighted by Crippen LogP contribution is -2.20. The number of nitrogens with zero attached hydrogens (tertiary/aromatic N) is 3. The van der Waals surface area contributed by atoms with Crippen molar-refractivity contribution in [3.8, 4) is 6.07 Å². The molecule has 0 N–H and O–H groups in total. The maximum atomic E-state index is 8.93. The Kier molecular flexibility index (Phi) is 4.15. The van der Waals surface area contributed by atoms with Crippen LogP contribution in [0.3, 0.4) is 0 Å². The van der Waals surface area contributed by atoms with Gasteiger partial charge in [-0.05, 0) is 19.8 Å². The summed E-state index contributed by atoms with van der Waals surface area (Å²) in [7, 11) is 0. The Labute approximate surface area is 113 Å². The highest BCUT2D eigenvalue weighted by molar-refractivity contribution is 5.55. The molecule has 1 rings (SSSR count). The number of hydrogen-bond donors (Lipinski definition) is 0. The first kappa shape index (κ1) is 14.6. The molecule has 0 aromatic heterocycles. The van der Waals surface area contributed by atoms with Crippen molar-refractivity contribution >= 4 is 0 Å². The molecule has 0 aliphatic carbocycles. The molecular formula is C15H15N3O. The second kappa shape index (κ2) is 5.42. The average molecular weight is 253 g/mol. The summed E-state index contributed by atoms with van der Waals surface area (Å²) >= 11 is 0. The number of allylic oxidation sites excluding steroid dienone is 2. The predicted octanol–water partition coefficient (Wildman–Crippen LogP) is 3.84. The predicted molar refractivity (Wildman–Crippen MR) is 72.0 cm³/mol. The summed E-state index contributed by atoms with van der Waals surface area (Å²) in [6, 6.07) is 1.78. The molecule has 1 aliphatic heterocycles. The van der Waals surface area contributed by atoms with E-state index in [0.29, 0.717) is 11.5 Å². The first-order valence-corrected chi connectivity index (χ1v) is 5.89. The lowest BCUT2D eigenvalue weighted by molar-refractivity contribution is 0.0951. The highest BCUT2D eigenvalue weighted by Gasteiger charge is 2.38. The second-order valence-electron chi connectivity index (χ2n) is 4.99. The summed E-state index contributed by atoms with van der Waals surface area (Å²) in [6.07, 6.45) is 3.82. The molecule has 1 heterocycles. The van der Waals surface area contributed by atoms with Crippen LogP contribution in [-0.2, 0) is 4.74 Å². The van der Waals surface area contributed by atoms with Gasteiger partial charge < -0.3 is 4.74 Å². The first-order valence-electron chi connectivity index (χ1n) is 5.89. The second-order valence-corrected chi connectivity index (χ2v) is 4.99. The summed E-state index contributed by atoms with van der Waals surface area (Å²) < 4.78 is 5.65. The molecule has 0 atom stereocenters. The standard InChI is InChI=1S/C15H15N3O/c1-10(2)7-8-11-13(18-6)14(12(9-16)17-5)19-15(11,3)4/h7-8,10H,1-4H3/b8-7+,14-12+. The third kappa shape index (κ3) is 2.84. The first-order chi connectivity index (χ1) is 8.87. The normalized spacial score (nSPS) is 19.9. The minimum atomic E-state index is -0.701. The number of rotatable bonds is 2. The fourth-order valence-corrected chi connectivity index (χ4v) is 1.73. The van der Waals surface area contributed by atoms with E-state index >= 15 is 0 Å². The van der Waals surface area contributed by atoms with E-state index in [1.807, 2.05) is 39.8 Å². The molecule has 0 aromatic rings. The van der Waals surface area contributed by atoms with Crippen LogP contribution in [-0.4, -0.2) is 5.60 Å². The average Bonchev–Trinajstić information content (AvgIpc) is 2.59. The van der Waals surface area contributed by atoms with Crippen molar-refractivity contribution in [2.45, 2.75) is 33.3 Å². The molecule has 0 bridgehead atoms. The molecule has 0 unspecified atom stereocenters. The van der Waals surface area contributed by atoms with E-state index < -0.39 is 5.60 Å². The van der Waals surface area contributed by atoms with Crippen LogP contribution in [0.1, 0.15) is 27.7 Å². The third-order valence-electron chi connectivity index (χ3n) is 2.67. The van der Waals surface area contributed by atoms with Crippen LogP contribution >= 0.6 is 0 Å². The van der Waals surface area contributed by atoms with Crippen LogP contribution in [0.15, 0.2) is 34.9 Å². The van der Waals surface area contributed by atoms with Crippen LogP contribution < -0.4 is 0 Å². The molecule has 96 valence electrons. The summed E-state index contributed by atoms with van der Waals surface area (Å²) in [5.74, 6) is 0.445. The zero-order chi connectivity index (χ0) is 14.6. The molecular weight excluding hydrogens is 238 g/mol. The van der Waals surface area contributed by atoms with Gasteiger partial charge in [0.1, 0.15) is 11.4 Å².